The quantitative estimate of drug-likeness (QED) is 0.410. The molecule has 0 aliphatic heterocycles. The molecular formula is C22H24IN3O3. The van der Waals surface area contributed by atoms with E-state index in [4.69, 9.17) is 9.26 Å². The Morgan fingerprint density at radius 3 is 2.69 bits per heavy atom. The molecule has 1 atom stereocenters. The van der Waals surface area contributed by atoms with Crippen LogP contribution in [0.25, 0.3) is 11.4 Å². The molecule has 0 aliphatic carbocycles. The molecule has 0 radical (unpaired) electrons. The molecule has 0 N–H and O–H groups in total. The fourth-order valence-corrected chi connectivity index (χ4v) is 3.19. The van der Waals surface area contributed by atoms with Gasteiger partial charge in [-0.3, -0.25) is 4.79 Å². The molecule has 1 amide bonds. The second-order valence-corrected chi connectivity index (χ2v) is 8.15. The van der Waals surface area contributed by atoms with E-state index in [9.17, 15) is 4.79 Å². The maximum Gasteiger partial charge on any atom is 0.261 e. The number of nitrogens with zero attached hydrogens (tertiary/aromatic N) is 3. The summed E-state index contributed by atoms with van der Waals surface area (Å²) in [5.41, 5.74) is 2.02. The average Bonchev–Trinajstić information content (AvgIpc) is 3.19. The van der Waals surface area contributed by atoms with Crippen molar-refractivity contribution in [3.8, 4) is 17.1 Å². The van der Waals surface area contributed by atoms with Gasteiger partial charge in [-0.05, 0) is 73.2 Å². The topological polar surface area (TPSA) is 68.5 Å². The van der Waals surface area contributed by atoms with E-state index in [-0.39, 0.29) is 25.1 Å². The highest BCUT2D eigenvalue weighted by Crippen LogP contribution is 2.19. The van der Waals surface area contributed by atoms with Crippen LogP contribution >= 0.6 is 22.6 Å². The Balaban J connectivity index is 1.69. The molecule has 2 aromatic carbocycles. The number of hydrogen-bond acceptors (Lipinski definition) is 5. The molecule has 6 nitrogen and oxygen atoms in total. The van der Waals surface area contributed by atoms with Gasteiger partial charge in [0.25, 0.3) is 5.91 Å². The van der Waals surface area contributed by atoms with Crippen molar-refractivity contribution in [2.24, 2.45) is 0 Å². The normalized spacial score (nSPS) is 11.9. The Morgan fingerprint density at radius 2 is 2.00 bits per heavy atom. The average molecular weight is 505 g/mol. The van der Waals surface area contributed by atoms with Crippen LogP contribution < -0.4 is 4.74 Å². The minimum atomic E-state index is -0.117. The predicted octanol–water partition coefficient (Wildman–Crippen LogP) is 4.86. The monoisotopic (exact) mass is 505 g/mol. The molecule has 0 spiro atoms. The molecule has 152 valence electrons. The molecular weight excluding hydrogens is 481 g/mol. The summed E-state index contributed by atoms with van der Waals surface area (Å²) in [7, 11) is 0. The van der Waals surface area contributed by atoms with Crippen LogP contribution in [0.3, 0.4) is 0 Å². The van der Waals surface area contributed by atoms with Crippen molar-refractivity contribution in [2.45, 2.75) is 39.8 Å². The van der Waals surface area contributed by atoms with Crippen molar-refractivity contribution >= 4 is 28.5 Å². The minimum absolute atomic E-state index is 0.0251. The summed E-state index contributed by atoms with van der Waals surface area (Å²) in [6.07, 6.45) is 0.814. The molecule has 0 saturated carbocycles. The maximum atomic E-state index is 12.8. The first-order chi connectivity index (χ1) is 14.0. The second-order valence-electron chi connectivity index (χ2n) is 6.90. The fraction of sp³-hybridized carbons (Fsp3) is 0.318. The van der Waals surface area contributed by atoms with Gasteiger partial charge in [0.2, 0.25) is 11.7 Å². The second kappa shape index (κ2) is 9.87. The molecule has 0 bridgehead atoms. The molecule has 0 aliphatic rings. The van der Waals surface area contributed by atoms with Crippen molar-refractivity contribution < 1.29 is 14.1 Å². The maximum absolute atomic E-state index is 12.8. The summed E-state index contributed by atoms with van der Waals surface area (Å²) in [4.78, 5) is 19.0. The van der Waals surface area contributed by atoms with Crippen LogP contribution in [-0.2, 0) is 11.3 Å². The highest BCUT2D eigenvalue weighted by molar-refractivity contribution is 14.1. The lowest BCUT2D eigenvalue weighted by atomic mass is 10.1. The minimum Gasteiger partial charge on any atom is -0.484 e. The van der Waals surface area contributed by atoms with E-state index in [0.717, 1.165) is 21.1 Å². The number of rotatable bonds is 8. The zero-order valence-electron chi connectivity index (χ0n) is 16.8. The Hall–Kier alpha value is -2.42. The summed E-state index contributed by atoms with van der Waals surface area (Å²) in [6.45, 7) is 6.27. The number of aromatic nitrogens is 2. The lowest BCUT2D eigenvalue weighted by Crippen LogP contribution is -2.40. The Bertz CT molecular complexity index is 956. The predicted molar refractivity (Wildman–Crippen MR) is 119 cm³/mol. The third-order valence-corrected chi connectivity index (χ3v) is 5.39. The summed E-state index contributed by atoms with van der Waals surface area (Å²) < 4.78 is 12.2. The Labute approximate surface area is 184 Å². The van der Waals surface area contributed by atoms with Crippen LogP contribution in [0.4, 0.5) is 0 Å². The van der Waals surface area contributed by atoms with E-state index in [1.165, 1.54) is 0 Å². The lowest BCUT2D eigenvalue weighted by molar-refractivity contribution is -0.136. The first-order valence-electron chi connectivity index (χ1n) is 9.53. The van der Waals surface area contributed by atoms with Crippen LogP contribution in [0.5, 0.6) is 5.75 Å². The number of carbonyl (C=O) groups is 1. The number of amides is 1. The molecule has 3 rings (SSSR count). The van der Waals surface area contributed by atoms with Gasteiger partial charge in [-0.15, -0.1) is 0 Å². The Morgan fingerprint density at radius 1 is 1.24 bits per heavy atom. The summed E-state index contributed by atoms with van der Waals surface area (Å²) in [6, 6.07) is 15.5. The molecule has 0 saturated heterocycles. The fourth-order valence-electron chi connectivity index (χ4n) is 2.84. The number of aryl methyl sites for hydroxylation is 1. The van der Waals surface area contributed by atoms with Crippen LogP contribution in [0, 0.1) is 10.5 Å². The molecule has 1 unspecified atom stereocenters. The standard InChI is InChI=1S/C22H24IN3O3/c1-4-16(3)26(21(27)14-28-19-10-8-18(23)9-11-19)13-20-24-22(25-29-20)17-7-5-6-15(2)12-17/h5-12,16H,4,13-14H2,1-3H3. The zero-order valence-corrected chi connectivity index (χ0v) is 18.9. The summed E-state index contributed by atoms with van der Waals surface area (Å²) in [5, 5.41) is 4.07. The third kappa shape index (κ3) is 5.79. The highest BCUT2D eigenvalue weighted by atomic mass is 127. The van der Waals surface area contributed by atoms with Crippen molar-refractivity contribution in [1.82, 2.24) is 15.0 Å². The van der Waals surface area contributed by atoms with Gasteiger partial charge in [0.1, 0.15) is 12.3 Å². The largest absolute Gasteiger partial charge is 0.484 e. The van der Waals surface area contributed by atoms with Gasteiger partial charge in [-0.2, -0.15) is 4.98 Å². The van der Waals surface area contributed by atoms with E-state index in [1.807, 2.05) is 69.3 Å². The van der Waals surface area contributed by atoms with E-state index in [0.29, 0.717) is 17.5 Å². The zero-order chi connectivity index (χ0) is 20.8. The van der Waals surface area contributed by atoms with Crippen molar-refractivity contribution in [1.29, 1.82) is 0 Å². The van der Waals surface area contributed by atoms with Crippen LogP contribution in [0.1, 0.15) is 31.7 Å². The van der Waals surface area contributed by atoms with Crippen LogP contribution in [0.2, 0.25) is 0 Å². The van der Waals surface area contributed by atoms with E-state index < -0.39 is 0 Å². The van der Waals surface area contributed by atoms with Gasteiger partial charge in [0, 0.05) is 15.2 Å². The van der Waals surface area contributed by atoms with Gasteiger partial charge in [-0.25, -0.2) is 0 Å². The number of carbonyl (C=O) groups excluding carboxylic acids is 1. The molecule has 0 fully saturated rings. The number of benzene rings is 2. The van der Waals surface area contributed by atoms with Crippen LogP contribution in [-0.4, -0.2) is 33.6 Å². The molecule has 29 heavy (non-hydrogen) atoms. The molecule has 3 aromatic rings. The first-order valence-corrected chi connectivity index (χ1v) is 10.6. The van der Waals surface area contributed by atoms with Gasteiger partial charge < -0.3 is 14.2 Å². The molecule has 1 heterocycles. The third-order valence-electron chi connectivity index (χ3n) is 4.67. The number of ether oxygens (including phenoxy) is 1. The van der Waals surface area contributed by atoms with Gasteiger partial charge in [0.15, 0.2) is 6.61 Å². The highest BCUT2D eigenvalue weighted by Gasteiger charge is 2.23. The van der Waals surface area contributed by atoms with Gasteiger partial charge >= 0.3 is 0 Å². The van der Waals surface area contributed by atoms with E-state index in [2.05, 4.69) is 32.7 Å². The van der Waals surface area contributed by atoms with Crippen LogP contribution in [0.15, 0.2) is 53.1 Å². The summed E-state index contributed by atoms with van der Waals surface area (Å²) in [5.74, 6) is 1.48. The Kier molecular flexibility index (Phi) is 7.24. The van der Waals surface area contributed by atoms with Gasteiger partial charge in [-0.1, -0.05) is 35.8 Å². The number of halogens is 1. The lowest BCUT2D eigenvalue weighted by Gasteiger charge is -2.27. The first kappa shape index (κ1) is 21.3. The number of hydrogen-bond donors (Lipinski definition) is 0. The van der Waals surface area contributed by atoms with E-state index in [1.54, 1.807) is 4.90 Å². The SMILES string of the molecule is CCC(C)N(Cc1nc(-c2cccc(C)c2)no1)C(=O)COc1ccc(I)cc1. The van der Waals surface area contributed by atoms with Crippen molar-refractivity contribution in [3.05, 3.63) is 63.6 Å². The smallest absolute Gasteiger partial charge is 0.261 e. The molecule has 1 aromatic heterocycles. The molecule has 7 heteroatoms. The van der Waals surface area contributed by atoms with Crippen molar-refractivity contribution in [3.63, 3.8) is 0 Å². The van der Waals surface area contributed by atoms with E-state index >= 15 is 0 Å². The summed E-state index contributed by atoms with van der Waals surface area (Å²) >= 11 is 2.23. The van der Waals surface area contributed by atoms with Gasteiger partial charge in [0.05, 0.1) is 0 Å². The van der Waals surface area contributed by atoms with Crippen molar-refractivity contribution in [2.75, 3.05) is 6.61 Å².